The molecule has 1 atom stereocenters. The molecule has 1 aliphatic rings. The van der Waals surface area contributed by atoms with E-state index >= 15 is 0 Å². The zero-order chi connectivity index (χ0) is 13.1. The first-order chi connectivity index (χ1) is 8.67. The third-order valence-corrected chi connectivity index (χ3v) is 3.78. The predicted octanol–water partition coefficient (Wildman–Crippen LogP) is 1.27. The van der Waals surface area contributed by atoms with Crippen LogP contribution in [-0.4, -0.2) is 29.5 Å². The summed E-state index contributed by atoms with van der Waals surface area (Å²) in [6.45, 7) is 2.58. The van der Waals surface area contributed by atoms with E-state index in [9.17, 15) is 0 Å². The van der Waals surface area contributed by atoms with Gasteiger partial charge in [-0.05, 0) is 19.8 Å². The molecule has 5 nitrogen and oxygen atoms in total. The van der Waals surface area contributed by atoms with Gasteiger partial charge in [-0.1, -0.05) is 12.8 Å². The quantitative estimate of drug-likeness (QED) is 0.828. The molecule has 0 amide bonds. The van der Waals surface area contributed by atoms with Gasteiger partial charge in [0.15, 0.2) is 0 Å². The summed E-state index contributed by atoms with van der Waals surface area (Å²) in [6.07, 6.45) is 5.13. The van der Waals surface area contributed by atoms with Gasteiger partial charge >= 0.3 is 0 Å². The highest BCUT2D eigenvalue weighted by Crippen LogP contribution is 2.29. The number of aryl methyl sites for hydroxylation is 2. The average Bonchev–Trinajstić information content (AvgIpc) is 2.94. The number of ether oxygens (including phenoxy) is 1. The molecule has 0 aromatic carbocycles. The minimum atomic E-state index is 0.136. The fourth-order valence-electron chi connectivity index (χ4n) is 2.94. The second kappa shape index (κ2) is 5.71. The lowest BCUT2D eigenvalue weighted by Crippen LogP contribution is -2.35. The smallest absolute Gasteiger partial charge is 0.216 e. The molecule has 0 spiro atoms. The normalized spacial score (nSPS) is 18.2. The Morgan fingerprint density at radius 3 is 2.72 bits per heavy atom. The molecule has 0 radical (unpaired) electrons. The second-order valence-corrected chi connectivity index (χ2v) is 5.07. The molecule has 0 saturated heterocycles. The van der Waals surface area contributed by atoms with Crippen molar-refractivity contribution < 1.29 is 4.74 Å². The molecular formula is C13H24N4O. The van der Waals surface area contributed by atoms with Gasteiger partial charge in [0.2, 0.25) is 5.88 Å². The maximum Gasteiger partial charge on any atom is 0.216 e. The van der Waals surface area contributed by atoms with Gasteiger partial charge in [0.1, 0.15) is 0 Å². The van der Waals surface area contributed by atoms with Gasteiger partial charge in [0.05, 0.1) is 24.4 Å². The summed E-state index contributed by atoms with van der Waals surface area (Å²) in [5.41, 5.74) is 8.03. The van der Waals surface area contributed by atoms with E-state index in [4.69, 9.17) is 10.5 Å². The van der Waals surface area contributed by atoms with Gasteiger partial charge in [0.25, 0.3) is 0 Å². The topological polar surface area (TPSA) is 65.1 Å². The van der Waals surface area contributed by atoms with Crippen LogP contribution >= 0.6 is 0 Å². The van der Waals surface area contributed by atoms with E-state index in [0.29, 0.717) is 12.6 Å². The van der Waals surface area contributed by atoms with Crippen molar-refractivity contribution in [3.8, 4) is 5.88 Å². The highest BCUT2D eigenvalue weighted by atomic mass is 16.5. The maximum absolute atomic E-state index is 5.93. The van der Waals surface area contributed by atoms with Crippen molar-refractivity contribution in [3.05, 3.63) is 11.3 Å². The molecule has 1 heterocycles. The second-order valence-electron chi connectivity index (χ2n) is 5.07. The molecule has 1 aromatic rings. The lowest BCUT2D eigenvalue weighted by Gasteiger charge is -2.22. The van der Waals surface area contributed by atoms with Crippen LogP contribution in [0.3, 0.4) is 0 Å². The lowest BCUT2D eigenvalue weighted by molar-refractivity contribution is 0.357. The van der Waals surface area contributed by atoms with Crippen LogP contribution in [0.15, 0.2) is 0 Å². The van der Waals surface area contributed by atoms with Crippen molar-refractivity contribution in [2.75, 3.05) is 13.7 Å². The molecule has 102 valence electrons. The van der Waals surface area contributed by atoms with Crippen molar-refractivity contribution >= 4 is 0 Å². The van der Waals surface area contributed by atoms with E-state index in [1.54, 1.807) is 11.8 Å². The van der Waals surface area contributed by atoms with Crippen LogP contribution in [0.4, 0.5) is 0 Å². The van der Waals surface area contributed by atoms with E-state index in [0.717, 1.165) is 17.1 Å². The Kier molecular flexibility index (Phi) is 4.24. The molecule has 0 aliphatic heterocycles. The van der Waals surface area contributed by atoms with E-state index < -0.39 is 0 Å². The van der Waals surface area contributed by atoms with Crippen LogP contribution < -0.4 is 15.8 Å². The van der Waals surface area contributed by atoms with Gasteiger partial charge in [-0.3, -0.25) is 0 Å². The van der Waals surface area contributed by atoms with Crippen LogP contribution in [-0.2, 0) is 7.05 Å². The van der Waals surface area contributed by atoms with Crippen molar-refractivity contribution in [2.45, 2.75) is 44.7 Å². The number of aromatic nitrogens is 2. The maximum atomic E-state index is 5.93. The molecule has 5 heteroatoms. The number of nitrogens with one attached hydrogen (secondary N) is 1. The van der Waals surface area contributed by atoms with Gasteiger partial charge < -0.3 is 15.8 Å². The summed E-state index contributed by atoms with van der Waals surface area (Å²) >= 11 is 0. The fourth-order valence-corrected chi connectivity index (χ4v) is 2.94. The van der Waals surface area contributed by atoms with Crippen LogP contribution in [0.25, 0.3) is 0 Å². The number of hydrogen-bond acceptors (Lipinski definition) is 4. The molecule has 18 heavy (non-hydrogen) atoms. The highest BCUT2D eigenvalue weighted by molar-refractivity contribution is 5.34. The molecule has 3 N–H and O–H groups in total. The number of hydrogen-bond donors (Lipinski definition) is 2. The van der Waals surface area contributed by atoms with Crippen molar-refractivity contribution in [1.29, 1.82) is 0 Å². The summed E-state index contributed by atoms with van der Waals surface area (Å²) in [6, 6.07) is 0.722. The largest absolute Gasteiger partial charge is 0.481 e. The third-order valence-electron chi connectivity index (χ3n) is 3.78. The molecule has 1 aliphatic carbocycles. The van der Waals surface area contributed by atoms with Crippen LogP contribution in [0.1, 0.15) is 43.0 Å². The Morgan fingerprint density at radius 1 is 1.50 bits per heavy atom. The Balaban J connectivity index is 2.20. The number of methoxy groups -OCH3 is 1. The van der Waals surface area contributed by atoms with E-state index in [1.807, 2.05) is 14.0 Å². The summed E-state index contributed by atoms with van der Waals surface area (Å²) in [5, 5.41) is 8.07. The fraction of sp³-hybridized carbons (Fsp3) is 0.769. The Morgan fingerprint density at radius 2 is 2.17 bits per heavy atom. The first-order valence-electron chi connectivity index (χ1n) is 6.71. The van der Waals surface area contributed by atoms with E-state index in [1.165, 1.54) is 25.7 Å². The SMILES string of the molecule is COc1c(C(CN)NC2CCCC2)c(C)nn1C. The molecule has 0 bridgehead atoms. The van der Waals surface area contributed by atoms with E-state index in [-0.39, 0.29) is 6.04 Å². The zero-order valence-corrected chi connectivity index (χ0v) is 11.6. The molecule has 1 unspecified atom stereocenters. The van der Waals surface area contributed by atoms with Crippen LogP contribution in [0, 0.1) is 6.92 Å². The first kappa shape index (κ1) is 13.4. The molecule has 1 fully saturated rings. The zero-order valence-electron chi connectivity index (χ0n) is 11.6. The first-order valence-corrected chi connectivity index (χ1v) is 6.71. The van der Waals surface area contributed by atoms with Gasteiger partial charge in [-0.2, -0.15) is 5.10 Å². The molecule has 1 saturated carbocycles. The number of nitrogens with two attached hydrogens (primary N) is 1. The van der Waals surface area contributed by atoms with Gasteiger partial charge in [-0.25, -0.2) is 4.68 Å². The lowest BCUT2D eigenvalue weighted by atomic mass is 10.1. The summed E-state index contributed by atoms with van der Waals surface area (Å²) in [4.78, 5) is 0. The van der Waals surface area contributed by atoms with Gasteiger partial charge in [-0.15, -0.1) is 0 Å². The molecule has 2 rings (SSSR count). The Hall–Kier alpha value is -1.07. The van der Waals surface area contributed by atoms with Crippen molar-refractivity contribution in [1.82, 2.24) is 15.1 Å². The monoisotopic (exact) mass is 252 g/mol. The highest BCUT2D eigenvalue weighted by Gasteiger charge is 2.25. The third kappa shape index (κ3) is 2.52. The van der Waals surface area contributed by atoms with Crippen molar-refractivity contribution in [3.63, 3.8) is 0 Å². The minimum Gasteiger partial charge on any atom is -0.481 e. The van der Waals surface area contributed by atoms with Crippen LogP contribution in [0.2, 0.25) is 0 Å². The predicted molar refractivity (Wildman–Crippen MR) is 71.7 cm³/mol. The number of nitrogens with zero attached hydrogens (tertiary/aromatic N) is 2. The van der Waals surface area contributed by atoms with E-state index in [2.05, 4.69) is 10.4 Å². The van der Waals surface area contributed by atoms with Gasteiger partial charge in [0, 0.05) is 19.6 Å². The minimum absolute atomic E-state index is 0.136. The summed E-state index contributed by atoms with van der Waals surface area (Å²) < 4.78 is 7.23. The Labute approximate surface area is 109 Å². The molecule has 1 aromatic heterocycles. The standard InChI is InChI=1S/C13H24N4O/c1-9-12(13(18-3)17(2)16-9)11(8-14)15-10-6-4-5-7-10/h10-11,15H,4-8,14H2,1-3H3. The molecular weight excluding hydrogens is 228 g/mol. The summed E-state index contributed by atoms with van der Waals surface area (Å²) in [7, 11) is 3.58. The Bertz CT molecular complexity index is 396. The summed E-state index contributed by atoms with van der Waals surface area (Å²) in [5.74, 6) is 0.813. The van der Waals surface area contributed by atoms with Crippen LogP contribution in [0.5, 0.6) is 5.88 Å². The van der Waals surface area contributed by atoms with Crippen molar-refractivity contribution in [2.24, 2.45) is 12.8 Å². The number of rotatable bonds is 5. The average molecular weight is 252 g/mol.